The summed E-state index contributed by atoms with van der Waals surface area (Å²) in [6, 6.07) is 16.5. The van der Waals surface area contributed by atoms with Crippen LogP contribution in [0.2, 0.25) is 0 Å². The van der Waals surface area contributed by atoms with E-state index in [1.54, 1.807) is 0 Å². The number of carboxylic acids is 1. The molecule has 3 rings (SSSR count). The van der Waals surface area contributed by atoms with Crippen LogP contribution in [0.5, 0.6) is 0 Å². The average molecular weight is 541 g/mol. The van der Waals surface area contributed by atoms with Crippen molar-refractivity contribution in [3.63, 3.8) is 0 Å². The third-order valence-corrected chi connectivity index (χ3v) is 6.41. The number of aliphatic carboxylic acids is 1. The zero-order chi connectivity index (χ0) is 27.8. The van der Waals surface area contributed by atoms with Crippen LogP contribution in [0, 0.1) is 11.8 Å². The summed E-state index contributed by atoms with van der Waals surface area (Å²) in [6.07, 6.45) is 2.97. The number of nitrogens with one attached hydrogen (secondary N) is 3. The van der Waals surface area contributed by atoms with E-state index >= 15 is 0 Å². The van der Waals surface area contributed by atoms with E-state index in [-0.39, 0.29) is 11.8 Å². The molecule has 206 valence electrons. The van der Waals surface area contributed by atoms with Gasteiger partial charge in [-0.2, -0.15) is 17.8 Å². The molecule has 1 unspecified atom stereocenters. The van der Waals surface area contributed by atoms with Gasteiger partial charge in [-0.05, 0) is 47.2 Å². The number of tetrazole rings is 1. The van der Waals surface area contributed by atoms with Crippen molar-refractivity contribution in [2.24, 2.45) is 11.8 Å². The summed E-state index contributed by atoms with van der Waals surface area (Å²) >= 11 is 4.28. The predicted octanol–water partition coefficient (Wildman–Crippen LogP) is 4.59. The predicted molar refractivity (Wildman–Crippen MR) is 154 cm³/mol. The number of rotatable bonds is 14. The summed E-state index contributed by atoms with van der Waals surface area (Å²) in [5, 5.41) is 28.9. The lowest BCUT2D eigenvalue weighted by Crippen LogP contribution is -2.36. The summed E-state index contributed by atoms with van der Waals surface area (Å²) in [7, 11) is 0. The molecule has 0 aliphatic carbocycles. The number of aromatic amines is 1. The maximum absolute atomic E-state index is 12.1. The topological polar surface area (TPSA) is 133 Å². The second-order valence-corrected chi connectivity index (χ2v) is 9.69. The van der Waals surface area contributed by atoms with E-state index in [1.165, 1.54) is 5.56 Å². The minimum absolute atomic E-state index is 0.0278. The van der Waals surface area contributed by atoms with Crippen molar-refractivity contribution >= 4 is 24.5 Å². The molecule has 0 bridgehead atoms. The van der Waals surface area contributed by atoms with Crippen LogP contribution in [0.25, 0.3) is 22.5 Å². The number of hydrogen-bond acceptors (Lipinski definition) is 7. The van der Waals surface area contributed by atoms with E-state index < -0.39 is 5.97 Å². The first-order valence-electron chi connectivity index (χ1n) is 13.1. The molecule has 0 aliphatic heterocycles. The summed E-state index contributed by atoms with van der Waals surface area (Å²) in [5.74, 6) is 0.848. The van der Waals surface area contributed by atoms with Gasteiger partial charge in [-0.1, -0.05) is 75.7 Å². The Balaban J connectivity index is 0.000000638. The minimum Gasteiger partial charge on any atom is -0.481 e. The Morgan fingerprint density at radius 1 is 1.03 bits per heavy atom. The van der Waals surface area contributed by atoms with Gasteiger partial charge in [0.2, 0.25) is 11.7 Å². The zero-order valence-corrected chi connectivity index (χ0v) is 23.4. The fourth-order valence-electron chi connectivity index (χ4n) is 3.72. The number of unbranched alkanes of at least 4 members (excludes halogenated alkanes) is 1. The molecular formula is C28H40N6O3S. The molecule has 0 spiro atoms. The normalized spacial score (nSPS) is 11.5. The molecule has 9 nitrogen and oxygen atoms in total. The SMILES string of the molecule is CC(C)C(CS)C(=O)NCCCNCc1ccc(-c2ccccc2-c2nn[nH]n2)cc1.CCCCC(=O)O. The molecule has 38 heavy (non-hydrogen) atoms. The van der Waals surface area contributed by atoms with Crippen molar-refractivity contribution in [3.05, 3.63) is 54.1 Å². The highest BCUT2D eigenvalue weighted by Gasteiger charge is 2.19. The molecule has 10 heteroatoms. The first-order chi connectivity index (χ1) is 18.4. The number of H-pyrrole nitrogens is 1. The van der Waals surface area contributed by atoms with E-state index in [9.17, 15) is 9.59 Å². The summed E-state index contributed by atoms with van der Waals surface area (Å²) in [5.41, 5.74) is 4.33. The molecule has 2 aromatic carbocycles. The van der Waals surface area contributed by atoms with Gasteiger partial charge in [0, 0.05) is 36.7 Å². The second-order valence-electron chi connectivity index (χ2n) is 9.33. The molecule has 1 aromatic heterocycles. The fraction of sp³-hybridized carbons (Fsp3) is 0.464. The number of carbonyl (C=O) groups is 2. The van der Waals surface area contributed by atoms with Crippen LogP contribution in [0.3, 0.4) is 0 Å². The van der Waals surface area contributed by atoms with Gasteiger partial charge in [0.05, 0.1) is 0 Å². The smallest absolute Gasteiger partial charge is 0.303 e. The van der Waals surface area contributed by atoms with E-state index in [0.717, 1.165) is 49.0 Å². The largest absolute Gasteiger partial charge is 0.481 e. The number of carboxylic acid groups (broad SMARTS) is 1. The van der Waals surface area contributed by atoms with Crippen LogP contribution >= 0.6 is 12.6 Å². The monoisotopic (exact) mass is 540 g/mol. The Hall–Kier alpha value is -3.24. The molecular weight excluding hydrogens is 500 g/mol. The van der Waals surface area contributed by atoms with E-state index in [2.05, 4.69) is 88.1 Å². The molecule has 0 saturated carbocycles. The maximum atomic E-state index is 12.1. The summed E-state index contributed by atoms with van der Waals surface area (Å²) in [4.78, 5) is 21.9. The highest BCUT2D eigenvalue weighted by molar-refractivity contribution is 7.80. The molecule has 1 heterocycles. The van der Waals surface area contributed by atoms with Crippen LogP contribution in [-0.4, -0.2) is 56.4 Å². The molecule has 4 N–H and O–H groups in total. The lowest BCUT2D eigenvalue weighted by molar-refractivity contribution is -0.137. The lowest BCUT2D eigenvalue weighted by atomic mass is 9.97. The summed E-state index contributed by atoms with van der Waals surface area (Å²) < 4.78 is 0. The standard InChI is InChI=1S/C23H30N6OS.C5H10O2/c1-16(2)21(15-31)23(30)25-13-5-12-24-14-17-8-10-18(11-9-17)19-6-3-4-7-20(19)22-26-28-29-27-22;1-2-3-4-5(6)7/h3-4,6-11,16,21,24,31H,5,12-15H2,1-2H3,(H,25,30)(H,26,27,28,29);2-4H2,1H3,(H,6,7). The molecule has 0 radical (unpaired) electrons. The Bertz CT molecular complexity index is 1090. The molecule has 3 aromatic rings. The van der Waals surface area contributed by atoms with Crippen molar-refractivity contribution in [1.82, 2.24) is 31.3 Å². The Morgan fingerprint density at radius 2 is 1.74 bits per heavy atom. The van der Waals surface area contributed by atoms with Gasteiger partial charge in [0.25, 0.3) is 0 Å². The number of benzene rings is 2. The van der Waals surface area contributed by atoms with Gasteiger partial charge in [-0.15, -0.1) is 10.2 Å². The Morgan fingerprint density at radius 3 is 2.29 bits per heavy atom. The molecule has 1 atom stereocenters. The number of carbonyl (C=O) groups excluding carboxylic acids is 1. The van der Waals surface area contributed by atoms with Crippen molar-refractivity contribution in [2.75, 3.05) is 18.8 Å². The molecule has 0 fully saturated rings. The first-order valence-corrected chi connectivity index (χ1v) is 13.7. The van der Waals surface area contributed by atoms with E-state index in [4.69, 9.17) is 5.11 Å². The van der Waals surface area contributed by atoms with Crippen LogP contribution in [0.4, 0.5) is 0 Å². The van der Waals surface area contributed by atoms with Crippen molar-refractivity contribution in [2.45, 2.75) is 53.0 Å². The molecule has 0 aliphatic rings. The van der Waals surface area contributed by atoms with Gasteiger partial charge in [0.1, 0.15) is 0 Å². The zero-order valence-electron chi connectivity index (χ0n) is 22.5. The quantitative estimate of drug-likeness (QED) is 0.149. The highest BCUT2D eigenvalue weighted by Crippen LogP contribution is 2.29. The third-order valence-electron chi connectivity index (χ3n) is 6.02. The van der Waals surface area contributed by atoms with Crippen molar-refractivity contribution in [3.8, 4) is 22.5 Å². The second kappa shape index (κ2) is 17.3. The van der Waals surface area contributed by atoms with Gasteiger partial charge < -0.3 is 15.7 Å². The minimum atomic E-state index is -0.693. The fourth-order valence-corrected chi connectivity index (χ4v) is 4.31. The van der Waals surface area contributed by atoms with Gasteiger partial charge in [-0.3, -0.25) is 9.59 Å². The van der Waals surface area contributed by atoms with Crippen LogP contribution < -0.4 is 10.6 Å². The summed E-state index contributed by atoms with van der Waals surface area (Å²) in [6.45, 7) is 8.38. The van der Waals surface area contributed by atoms with E-state index in [0.29, 0.717) is 30.5 Å². The van der Waals surface area contributed by atoms with Gasteiger partial charge in [-0.25, -0.2) is 0 Å². The Kier molecular flexibility index (Phi) is 14.1. The van der Waals surface area contributed by atoms with Crippen LogP contribution in [-0.2, 0) is 16.1 Å². The number of aromatic nitrogens is 4. The number of nitrogens with zero attached hydrogens (tertiary/aromatic N) is 3. The number of thiol groups is 1. The van der Waals surface area contributed by atoms with E-state index in [1.807, 2.05) is 25.1 Å². The Labute approximate surface area is 230 Å². The van der Waals surface area contributed by atoms with Crippen molar-refractivity contribution < 1.29 is 14.7 Å². The van der Waals surface area contributed by atoms with Crippen LogP contribution in [0.15, 0.2) is 48.5 Å². The number of hydrogen-bond donors (Lipinski definition) is 5. The third kappa shape index (κ3) is 10.6. The van der Waals surface area contributed by atoms with Gasteiger partial charge in [0.15, 0.2) is 0 Å². The average Bonchev–Trinajstić information content (AvgIpc) is 3.45. The molecule has 1 amide bonds. The molecule has 0 saturated heterocycles. The maximum Gasteiger partial charge on any atom is 0.303 e. The van der Waals surface area contributed by atoms with Gasteiger partial charge >= 0.3 is 5.97 Å². The lowest BCUT2D eigenvalue weighted by Gasteiger charge is -2.17. The van der Waals surface area contributed by atoms with Crippen LogP contribution in [0.1, 0.15) is 52.0 Å². The highest BCUT2D eigenvalue weighted by atomic mass is 32.1. The first kappa shape index (κ1) is 31.0. The van der Waals surface area contributed by atoms with Crippen molar-refractivity contribution in [1.29, 1.82) is 0 Å². The number of amides is 1.